The third kappa shape index (κ3) is 6.91. The van der Waals surface area contributed by atoms with Gasteiger partial charge in [-0.2, -0.15) is 0 Å². The molecule has 3 N–H and O–H groups in total. The van der Waals surface area contributed by atoms with Crippen molar-refractivity contribution in [1.29, 1.82) is 0 Å². The van der Waals surface area contributed by atoms with Crippen molar-refractivity contribution in [3.63, 3.8) is 0 Å². The number of thioether (sulfide) groups is 1. The summed E-state index contributed by atoms with van der Waals surface area (Å²) in [6.07, 6.45) is 0. The molecule has 0 bridgehead atoms. The van der Waals surface area contributed by atoms with Gasteiger partial charge in [0.2, 0.25) is 11.0 Å². The van der Waals surface area contributed by atoms with E-state index in [-0.39, 0.29) is 35.5 Å². The number of nitrogens with zero attached hydrogens (tertiary/aromatic N) is 2. The number of carbonyl (C=O) groups excluding carboxylic acids is 2. The summed E-state index contributed by atoms with van der Waals surface area (Å²) in [4.78, 5) is 23.2. The van der Waals surface area contributed by atoms with Gasteiger partial charge in [0.05, 0.1) is 18.4 Å². The van der Waals surface area contributed by atoms with Crippen LogP contribution in [0.2, 0.25) is 0 Å². The van der Waals surface area contributed by atoms with E-state index in [0.717, 1.165) is 0 Å². The summed E-state index contributed by atoms with van der Waals surface area (Å²) in [5, 5.41) is 10.7. The van der Waals surface area contributed by atoms with Gasteiger partial charge < -0.3 is 10.5 Å². The average molecular weight is 369 g/mol. The fraction of sp³-hybridized carbons (Fsp3) is 0.667. The molecule has 0 unspecified atom stereocenters. The van der Waals surface area contributed by atoms with Crippen molar-refractivity contribution in [2.45, 2.75) is 38.1 Å². The van der Waals surface area contributed by atoms with Crippen molar-refractivity contribution in [3.05, 3.63) is 0 Å². The minimum absolute atomic E-state index is 0. The molecule has 0 saturated carbocycles. The molecule has 1 heterocycles. The number of rotatable bonds is 6. The van der Waals surface area contributed by atoms with Crippen molar-refractivity contribution < 1.29 is 14.3 Å². The van der Waals surface area contributed by atoms with Gasteiger partial charge in [0, 0.05) is 0 Å². The molecule has 0 radical (unpaired) electrons. The lowest BCUT2D eigenvalue weighted by Gasteiger charge is -2.25. The first-order valence-corrected chi connectivity index (χ1v) is 8.22. The van der Waals surface area contributed by atoms with E-state index in [9.17, 15) is 9.59 Å². The lowest BCUT2D eigenvalue weighted by Crippen LogP contribution is -2.45. The molecule has 1 aromatic rings. The van der Waals surface area contributed by atoms with Gasteiger partial charge in [-0.05, 0) is 12.3 Å². The number of esters is 1. The highest BCUT2D eigenvalue weighted by Crippen LogP contribution is 2.26. The Bertz CT molecular complexity index is 505. The molecule has 0 aliphatic rings. The summed E-state index contributed by atoms with van der Waals surface area (Å²) in [5.74, 6) is -0.448. The van der Waals surface area contributed by atoms with Crippen LogP contribution in [0.4, 0.5) is 5.13 Å². The molecule has 0 saturated heterocycles. The van der Waals surface area contributed by atoms with E-state index in [0.29, 0.717) is 16.1 Å². The van der Waals surface area contributed by atoms with E-state index in [1.807, 2.05) is 20.8 Å². The predicted molar refractivity (Wildman–Crippen MR) is 90.6 cm³/mol. The number of hydrogen-bond donors (Lipinski definition) is 2. The first kappa shape index (κ1) is 21.1. The minimum Gasteiger partial charge on any atom is -0.465 e. The molecule has 22 heavy (non-hydrogen) atoms. The van der Waals surface area contributed by atoms with Gasteiger partial charge in [0.15, 0.2) is 4.34 Å². The summed E-state index contributed by atoms with van der Waals surface area (Å²) in [6.45, 7) is 7.76. The molecule has 1 atom stereocenters. The van der Waals surface area contributed by atoms with Gasteiger partial charge >= 0.3 is 5.97 Å². The largest absolute Gasteiger partial charge is 0.465 e. The van der Waals surface area contributed by atoms with Crippen molar-refractivity contribution in [1.82, 2.24) is 10.2 Å². The second-order valence-electron chi connectivity index (χ2n) is 5.30. The summed E-state index contributed by atoms with van der Waals surface area (Å²) >= 11 is 2.41. The lowest BCUT2D eigenvalue weighted by atomic mass is 9.87. The van der Waals surface area contributed by atoms with Crippen LogP contribution in [0.5, 0.6) is 0 Å². The van der Waals surface area contributed by atoms with Gasteiger partial charge in [0.1, 0.15) is 0 Å². The van der Waals surface area contributed by atoms with Crippen LogP contribution in [0.3, 0.4) is 0 Å². The molecule has 1 amide bonds. The zero-order valence-corrected chi connectivity index (χ0v) is 15.4. The predicted octanol–water partition coefficient (Wildman–Crippen LogP) is 1.93. The molecule has 10 heteroatoms. The number of nitrogens with two attached hydrogens (primary N) is 1. The van der Waals surface area contributed by atoms with Crippen molar-refractivity contribution in [2.75, 3.05) is 17.7 Å². The molecule has 0 aliphatic carbocycles. The molecule has 126 valence electrons. The van der Waals surface area contributed by atoms with Gasteiger partial charge in [-0.25, -0.2) is 0 Å². The topological polar surface area (TPSA) is 107 Å². The first-order chi connectivity index (χ1) is 9.74. The Kier molecular flexibility index (Phi) is 8.91. The fourth-order valence-corrected chi connectivity index (χ4v) is 2.77. The van der Waals surface area contributed by atoms with Crippen LogP contribution in [-0.4, -0.2) is 40.5 Å². The van der Waals surface area contributed by atoms with Gasteiger partial charge in [-0.15, -0.1) is 22.6 Å². The highest BCUT2D eigenvalue weighted by molar-refractivity contribution is 8.01. The molecule has 7 nitrogen and oxygen atoms in total. The maximum absolute atomic E-state index is 11.9. The maximum atomic E-state index is 11.9. The normalized spacial score (nSPS) is 12.2. The number of anilines is 1. The van der Waals surface area contributed by atoms with E-state index < -0.39 is 6.04 Å². The molecular weight excluding hydrogens is 348 g/mol. The molecule has 1 aromatic heterocycles. The third-order valence-electron chi connectivity index (χ3n) is 2.47. The van der Waals surface area contributed by atoms with Crippen LogP contribution in [0.1, 0.15) is 27.7 Å². The number of halogens is 1. The van der Waals surface area contributed by atoms with Crippen LogP contribution in [0.15, 0.2) is 4.34 Å². The zero-order valence-electron chi connectivity index (χ0n) is 12.9. The van der Waals surface area contributed by atoms with E-state index in [4.69, 9.17) is 10.5 Å². The van der Waals surface area contributed by atoms with E-state index >= 15 is 0 Å². The summed E-state index contributed by atoms with van der Waals surface area (Å²) in [7, 11) is 0. The summed E-state index contributed by atoms with van der Waals surface area (Å²) in [6, 6.07) is -0.642. The fourth-order valence-electron chi connectivity index (χ4n) is 1.22. The standard InChI is InChI=1S/C12H20N4O3S2.ClH/c1-5-19-7(17)6-20-11-16-15-10(21-11)14-9(18)8(13)12(2,3)4;/h8H,5-6,13H2,1-4H3,(H,14,15,18);1H/t8-;/m1./s1. The Balaban J connectivity index is 0.00000441. The van der Waals surface area contributed by atoms with E-state index in [1.165, 1.54) is 23.1 Å². The molecule has 0 fully saturated rings. The smallest absolute Gasteiger partial charge is 0.316 e. The average Bonchev–Trinajstić information content (AvgIpc) is 2.82. The Morgan fingerprint density at radius 1 is 1.41 bits per heavy atom. The van der Waals surface area contributed by atoms with Gasteiger partial charge in [-0.1, -0.05) is 43.9 Å². The highest BCUT2D eigenvalue weighted by Gasteiger charge is 2.28. The Labute approximate surface area is 144 Å². The van der Waals surface area contributed by atoms with Crippen LogP contribution in [0.25, 0.3) is 0 Å². The minimum atomic E-state index is -0.642. The second-order valence-corrected chi connectivity index (χ2v) is 7.50. The zero-order chi connectivity index (χ0) is 16.0. The molecule has 0 aromatic carbocycles. The number of hydrogen-bond acceptors (Lipinski definition) is 8. The van der Waals surface area contributed by atoms with Crippen molar-refractivity contribution in [3.8, 4) is 0 Å². The number of ether oxygens (including phenoxy) is 1. The van der Waals surface area contributed by atoms with Crippen LogP contribution in [-0.2, 0) is 14.3 Å². The molecule has 0 spiro atoms. The number of nitrogens with one attached hydrogen (secondary N) is 1. The van der Waals surface area contributed by atoms with Crippen LogP contribution < -0.4 is 11.1 Å². The first-order valence-electron chi connectivity index (χ1n) is 6.42. The molecule has 0 aliphatic heterocycles. The third-order valence-corrected chi connectivity index (χ3v) is 4.42. The monoisotopic (exact) mass is 368 g/mol. The highest BCUT2D eigenvalue weighted by atomic mass is 35.5. The number of amides is 1. The summed E-state index contributed by atoms with van der Waals surface area (Å²) < 4.78 is 5.40. The SMILES string of the molecule is CCOC(=O)CSc1nnc(NC(=O)[C@@H](N)C(C)(C)C)s1.Cl. The van der Waals surface area contributed by atoms with E-state index in [1.54, 1.807) is 6.92 Å². The van der Waals surface area contributed by atoms with Gasteiger partial charge in [-0.3, -0.25) is 14.9 Å². The Morgan fingerprint density at radius 3 is 2.59 bits per heavy atom. The lowest BCUT2D eigenvalue weighted by molar-refractivity contribution is -0.139. The maximum Gasteiger partial charge on any atom is 0.316 e. The number of carbonyl (C=O) groups is 2. The van der Waals surface area contributed by atoms with Crippen molar-refractivity contribution in [2.24, 2.45) is 11.1 Å². The molecular formula is C12H21ClN4O3S2. The van der Waals surface area contributed by atoms with Crippen LogP contribution >= 0.6 is 35.5 Å². The number of aromatic nitrogens is 2. The molecule has 1 rings (SSSR count). The van der Waals surface area contributed by atoms with Crippen molar-refractivity contribution >= 4 is 52.5 Å². The summed E-state index contributed by atoms with van der Waals surface area (Å²) in [5.41, 5.74) is 5.52. The van der Waals surface area contributed by atoms with E-state index in [2.05, 4.69) is 15.5 Å². The van der Waals surface area contributed by atoms with Crippen LogP contribution in [0, 0.1) is 5.41 Å². The second kappa shape index (κ2) is 9.29. The quantitative estimate of drug-likeness (QED) is 0.448. The Morgan fingerprint density at radius 2 is 2.05 bits per heavy atom. The Hall–Kier alpha value is -0.900. The van der Waals surface area contributed by atoms with Gasteiger partial charge in [0.25, 0.3) is 0 Å².